The van der Waals surface area contributed by atoms with Crippen LogP contribution in [-0.4, -0.2) is 20.9 Å². The van der Waals surface area contributed by atoms with Crippen molar-refractivity contribution in [3.8, 4) is 0 Å². The zero-order chi connectivity index (χ0) is 21.6. The molecule has 0 aliphatic rings. The Morgan fingerprint density at radius 1 is 0.867 bits per heavy atom. The Morgan fingerprint density at radius 3 is 2.03 bits per heavy atom. The Morgan fingerprint density at radius 2 is 1.43 bits per heavy atom. The standard InChI is InChI=1S/C23H19F2NO3S/c24-19-9-6-17(7-10-19)8-15-23(27)26-16-22(18-4-2-1-3-5-18)30(28,29)21-13-11-20(25)12-14-21/h1-15,22H,16H2,(H,26,27)/b15-8+. The first-order valence-corrected chi connectivity index (χ1v) is 10.7. The summed E-state index contributed by atoms with van der Waals surface area (Å²) < 4.78 is 52.4. The minimum atomic E-state index is -3.89. The summed E-state index contributed by atoms with van der Waals surface area (Å²) in [5.74, 6) is -1.41. The topological polar surface area (TPSA) is 63.2 Å². The van der Waals surface area contributed by atoms with E-state index in [-0.39, 0.29) is 17.3 Å². The average Bonchev–Trinajstić information content (AvgIpc) is 2.74. The molecule has 1 amide bonds. The largest absolute Gasteiger partial charge is 0.351 e. The van der Waals surface area contributed by atoms with Crippen LogP contribution in [0.1, 0.15) is 16.4 Å². The first kappa shape index (κ1) is 21.4. The third-order valence-electron chi connectivity index (χ3n) is 4.45. The molecule has 30 heavy (non-hydrogen) atoms. The molecular formula is C23H19F2NO3S. The smallest absolute Gasteiger partial charge is 0.244 e. The molecule has 0 bridgehead atoms. The third-order valence-corrected chi connectivity index (χ3v) is 6.56. The Bertz CT molecular complexity index is 1130. The molecule has 1 atom stereocenters. The van der Waals surface area contributed by atoms with Crippen LogP contribution >= 0.6 is 0 Å². The number of hydrogen-bond acceptors (Lipinski definition) is 3. The van der Waals surface area contributed by atoms with Gasteiger partial charge < -0.3 is 5.32 Å². The van der Waals surface area contributed by atoms with Crippen molar-refractivity contribution >= 4 is 21.8 Å². The molecule has 0 aromatic heterocycles. The molecule has 4 nitrogen and oxygen atoms in total. The molecule has 0 heterocycles. The van der Waals surface area contributed by atoms with Crippen molar-refractivity contribution in [1.29, 1.82) is 0 Å². The molecule has 3 aromatic carbocycles. The fourth-order valence-corrected chi connectivity index (χ4v) is 4.52. The molecule has 0 aliphatic carbocycles. The van der Waals surface area contributed by atoms with Crippen LogP contribution in [0.25, 0.3) is 6.08 Å². The van der Waals surface area contributed by atoms with Crippen molar-refractivity contribution in [2.45, 2.75) is 10.1 Å². The number of carbonyl (C=O) groups excluding carboxylic acids is 1. The lowest BCUT2D eigenvalue weighted by atomic mass is 10.1. The number of carbonyl (C=O) groups is 1. The van der Waals surface area contributed by atoms with Crippen LogP contribution in [0.2, 0.25) is 0 Å². The van der Waals surface area contributed by atoms with Gasteiger partial charge in [-0.3, -0.25) is 4.79 Å². The molecule has 154 valence electrons. The Hall–Kier alpha value is -3.32. The maximum Gasteiger partial charge on any atom is 0.244 e. The first-order chi connectivity index (χ1) is 14.4. The van der Waals surface area contributed by atoms with Crippen LogP contribution < -0.4 is 5.32 Å². The molecule has 0 radical (unpaired) electrons. The van der Waals surface area contributed by atoms with E-state index in [1.54, 1.807) is 30.3 Å². The van der Waals surface area contributed by atoms with Crippen molar-refractivity contribution in [3.05, 3.63) is 108 Å². The molecule has 3 aromatic rings. The quantitative estimate of drug-likeness (QED) is 0.452. The average molecular weight is 427 g/mol. The van der Waals surface area contributed by atoms with E-state index in [0.717, 1.165) is 12.1 Å². The molecule has 0 spiro atoms. The van der Waals surface area contributed by atoms with Gasteiger partial charge in [0.05, 0.1) is 4.90 Å². The van der Waals surface area contributed by atoms with E-state index < -0.39 is 26.8 Å². The second kappa shape index (κ2) is 9.45. The maximum atomic E-state index is 13.2. The number of nitrogens with one attached hydrogen (secondary N) is 1. The summed E-state index contributed by atoms with van der Waals surface area (Å²) in [6, 6.07) is 18.7. The maximum absolute atomic E-state index is 13.2. The monoisotopic (exact) mass is 427 g/mol. The number of halogens is 2. The van der Waals surface area contributed by atoms with Gasteiger partial charge in [0, 0.05) is 12.6 Å². The van der Waals surface area contributed by atoms with E-state index in [2.05, 4.69) is 5.32 Å². The first-order valence-electron chi connectivity index (χ1n) is 9.12. The van der Waals surface area contributed by atoms with E-state index in [9.17, 15) is 22.0 Å². The summed E-state index contributed by atoms with van der Waals surface area (Å²) >= 11 is 0. The van der Waals surface area contributed by atoms with Gasteiger partial charge in [-0.25, -0.2) is 17.2 Å². The number of amides is 1. The Kier molecular flexibility index (Phi) is 6.74. The van der Waals surface area contributed by atoms with Gasteiger partial charge in [-0.15, -0.1) is 0 Å². The van der Waals surface area contributed by atoms with Crippen molar-refractivity contribution in [3.63, 3.8) is 0 Å². The van der Waals surface area contributed by atoms with E-state index in [0.29, 0.717) is 11.1 Å². The van der Waals surface area contributed by atoms with Crippen LogP contribution in [0.15, 0.2) is 89.8 Å². The van der Waals surface area contributed by atoms with E-state index >= 15 is 0 Å². The van der Waals surface area contributed by atoms with Crippen LogP contribution in [0.4, 0.5) is 8.78 Å². The van der Waals surface area contributed by atoms with Crippen molar-refractivity contribution in [2.75, 3.05) is 6.54 Å². The van der Waals surface area contributed by atoms with Gasteiger partial charge in [-0.1, -0.05) is 42.5 Å². The van der Waals surface area contributed by atoms with Crippen LogP contribution in [0, 0.1) is 11.6 Å². The summed E-state index contributed by atoms with van der Waals surface area (Å²) in [4.78, 5) is 12.2. The molecule has 0 aliphatic heterocycles. The highest BCUT2D eigenvalue weighted by atomic mass is 32.2. The molecular weight excluding hydrogens is 408 g/mol. The molecule has 1 unspecified atom stereocenters. The van der Waals surface area contributed by atoms with Crippen LogP contribution in [0.3, 0.4) is 0 Å². The third kappa shape index (κ3) is 5.39. The highest BCUT2D eigenvalue weighted by Gasteiger charge is 2.29. The van der Waals surface area contributed by atoms with Crippen LogP contribution in [-0.2, 0) is 14.6 Å². The zero-order valence-corrected chi connectivity index (χ0v) is 16.7. The molecule has 1 N–H and O–H groups in total. The lowest BCUT2D eigenvalue weighted by molar-refractivity contribution is -0.116. The van der Waals surface area contributed by atoms with Gasteiger partial charge >= 0.3 is 0 Å². The Labute approximate surface area is 173 Å². The van der Waals surface area contributed by atoms with Crippen molar-refractivity contribution in [2.24, 2.45) is 0 Å². The predicted molar refractivity (Wildman–Crippen MR) is 111 cm³/mol. The summed E-state index contributed by atoms with van der Waals surface area (Å²) in [5, 5.41) is 1.55. The minimum absolute atomic E-state index is 0.0335. The Balaban J connectivity index is 1.79. The second-order valence-electron chi connectivity index (χ2n) is 6.53. The van der Waals surface area contributed by atoms with Gasteiger partial charge in [0.25, 0.3) is 0 Å². The highest BCUT2D eigenvalue weighted by molar-refractivity contribution is 7.91. The van der Waals surface area contributed by atoms with Gasteiger partial charge in [-0.05, 0) is 53.6 Å². The fraction of sp³-hybridized carbons (Fsp3) is 0.0870. The fourth-order valence-electron chi connectivity index (χ4n) is 2.86. The SMILES string of the molecule is O=C(/C=C/c1ccc(F)cc1)NCC(c1ccccc1)S(=O)(=O)c1ccc(F)cc1. The summed E-state index contributed by atoms with van der Waals surface area (Å²) in [6.07, 6.45) is 2.75. The lowest BCUT2D eigenvalue weighted by Crippen LogP contribution is -2.30. The zero-order valence-electron chi connectivity index (χ0n) is 15.8. The molecule has 0 saturated carbocycles. The highest BCUT2D eigenvalue weighted by Crippen LogP contribution is 2.28. The summed E-state index contributed by atoms with van der Waals surface area (Å²) in [5.41, 5.74) is 1.13. The number of benzene rings is 3. The molecule has 7 heteroatoms. The predicted octanol–water partition coefficient (Wildman–Crippen LogP) is 4.31. The number of rotatable bonds is 7. The van der Waals surface area contributed by atoms with E-state index in [4.69, 9.17) is 0 Å². The molecule has 0 fully saturated rings. The van der Waals surface area contributed by atoms with Crippen molar-refractivity contribution < 1.29 is 22.0 Å². The van der Waals surface area contributed by atoms with Gasteiger partial charge in [0.15, 0.2) is 9.84 Å². The normalized spacial score (nSPS) is 12.6. The van der Waals surface area contributed by atoms with Crippen LogP contribution in [0.5, 0.6) is 0 Å². The number of sulfone groups is 1. The minimum Gasteiger partial charge on any atom is -0.351 e. The van der Waals surface area contributed by atoms with Gasteiger partial charge in [0.1, 0.15) is 16.9 Å². The number of hydrogen-bond donors (Lipinski definition) is 1. The summed E-state index contributed by atoms with van der Waals surface area (Å²) in [7, 11) is -3.89. The molecule has 3 rings (SSSR count). The van der Waals surface area contributed by atoms with Crippen molar-refractivity contribution in [1.82, 2.24) is 5.32 Å². The summed E-state index contributed by atoms with van der Waals surface area (Å²) in [6.45, 7) is -0.170. The van der Waals surface area contributed by atoms with E-state index in [1.807, 2.05) is 0 Å². The van der Waals surface area contributed by atoms with E-state index in [1.165, 1.54) is 48.6 Å². The second-order valence-corrected chi connectivity index (χ2v) is 8.66. The molecule has 0 saturated heterocycles. The van der Waals surface area contributed by atoms with Gasteiger partial charge in [0.2, 0.25) is 5.91 Å². The lowest BCUT2D eigenvalue weighted by Gasteiger charge is -2.18. The van der Waals surface area contributed by atoms with Gasteiger partial charge in [-0.2, -0.15) is 0 Å².